The van der Waals surface area contributed by atoms with Crippen molar-refractivity contribution in [3.8, 4) is 0 Å². The van der Waals surface area contributed by atoms with Gasteiger partial charge in [-0.3, -0.25) is 9.35 Å². The molecule has 0 unspecified atom stereocenters. The molecule has 100 valence electrons. The van der Waals surface area contributed by atoms with E-state index in [4.69, 9.17) is 4.55 Å². The quantitative estimate of drug-likeness (QED) is 0.823. The molecule has 1 rings (SSSR count). The normalized spacial score (nSPS) is 12.2. The summed E-state index contributed by atoms with van der Waals surface area (Å²) in [5.41, 5.74) is -0.515. The van der Waals surface area contributed by atoms with Gasteiger partial charge in [-0.2, -0.15) is 8.42 Å². The number of carbonyl (C=O) groups is 1. The van der Waals surface area contributed by atoms with E-state index in [0.29, 0.717) is 6.42 Å². The molecular formula is C12H17NO4S. The Labute approximate surface area is 107 Å². The highest BCUT2D eigenvalue weighted by atomic mass is 32.2. The molecule has 0 atom stereocenters. The van der Waals surface area contributed by atoms with Gasteiger partial charge in [-0.25, -0.2) is 0 Å². The summed E-state index contributed by atoms with van der Waals surface area (Å²) in [6, 6.07) is 5.74. The maximum Gasteiger partial charge on any atom is 0.296 e. The van der Waals surface area contributed by atoms with Crippen molar-refractivity contribution >= 4 is 21.7 Å². The molecule has 0 aliphatic carbocycles. The molecular weight excluding hydrogens is 254 g/mol. The summed E-state index contributed by atoms with van der Waals surface area (Å²) in [5, 5.41) is 2.53. The van der Waals surface area contributed by atoms with Crippen LogP contribution in [-0.2, 0) is 14.9 Å². The molecule has 0 fully saturated rings. The molecule has 0 bridgehead atoms. The summed E-state index contributed by atoms with van der Waals surface area (Å²) in [6.07, 6.45) is 0.618. The van der Waals surface area contributed by atoms with Gasteiger partial charge < -0.3 is 5.32 Å². The number of hydrogen-bond donors (Lipinski definition) is 2. The lowest BCUT2D eigenvalue weighted by Gasteiger charge is -2.22. The first-order chi connectivity index (χ1) is 8.18. The monoisotopic (exact) mass is 271 g/mol. The largest absolute Gasteiger partial charge is 0.324 e. The summed E-state index contributed by atoms with van der Waals surface area (Å²) in [7, 11) is -4.35. The molecule has 0 aromatic heterocycles. The summed E-state index contributed by atoms with van der Waals surface area (Å²) in [4.78, 5) is 11.7. The van der Waals surface area contributed by atoms with Gasteiger partial charge in [0, 0.05) is 5.41 Å². The third kappa shape index (κ3) is 3.30. The number of nitrogens with one attached hydrogen (secondary N) is 1. The van der Waals surface area contributed by atoms with E-state index in [1.807, 2.05) is 6.92 Å². The van der Waals surface area contributed by atoms with Gasteiger partial charge in [0.2, 0.25) is 5.91 Å². The summed E-state index contributed by atoms with van der Waals surface area (Å²) < 4.78 is 31.4. The van der Waals surface area contributed by atoms with Crippen molar-refractivity contribution in [2.75, 3.05) is 5.32 Å². The molecule has 1 aromatic carbocycles. The van der Waals surface area contributed by atoms with Crippen molar-refractivity contribution < 1.29 is 17.8 Å². The van der Waals surface area contributed by atoms with Gasteiger partial charge in [-0.15, -0.1) is 0 Å². The van der Waals surface area contributed by atoms with Crippen molar-refractivity contribution in [1.82, 2.24) is 0 Å². The number of hydrogen-bond acceptors (Lipinski definition) is 3. The Morgan fingerprint density at radius 2 is 1.89 bits per heavy atom. The van der Waals surface area contributed by atoms with Gasteiger partial charge in [-0.05, 0) is 18.6 Å². The van der Waals surface area contributed by atoms with Crippen molar-refractivity contribution in [2.45, 2.75) is 32.1 Å². The molecule has 18 heavy (non-hydrogen) atoms. The van der Waals surface area contributed by atoms with Gasteiger partial charge in [0.05, 0.1) is 5.69 Å². The molecule has 2 N–H and O–H groups in total. The first kappa shape index (κ1) is 14.7. The number of carbonyl (C=O) groups excluding carboxylic acids is 1. The van der Waals surface area contributed by atoms with E-state index in [1.165, 1.54) is 18.2 Å². The number of para-hydroxylation sites is 1. The molecule has 0 heterocycles. The first-order valence-corrected chi connectivity index (χ1v) is 7.00. The van der Waals surface area contributed by atoms with E-state index in [1.54, 1.807) is 19.9 Å². The minimum atomic E-state index is -4.35. The van der Waals surface area contributed by atoms with E-state index >= 15 is 0 Å². The van der Waals surface area contributed by atoms with Gasteiger partial charge in [-0.1, -0.05) is 32.9 Å². The first-order valence-electron chi connectivity index (χ1n) is 5.56. The average Bonchev–Trinajstić information content (AvgIpc) is 2.28. The SMILES string of the molecule is CCC(C)(C)C(=O)Nc1ccccc1S(=O)(=O)O. The van der Waals surface area contributed by atoms with Crippen molar-refractivity contribution in [1.29, 1.82) is 0 Å². The van der Waals surface area contributed by atoms with Crippen LogP contribution in [0.4, 0.5) is 5.69 Å². The molecule has 0 aliphatic rings. The molecule has 0 radical (unpaired) electrons. The lowest BCUT2D eigenvalue weighted by molar-refractivity contribution is -0.124. The van der Waals surface area contributed by atoms with Crippen LogP contribution in [0.2, 0.25) is 0 Å². The van der Waals surface area contributed by atoms with Crippen molar-refractivity contribution in [2.24, 2.45) is 5.41 Å². The maximum atomic E-state index is 12.0. The predicted octanol–water partition coefficient (Wildman–Crippen LogP) is 2.31. The molecule has 0 saturated carbocycles. The number of rotatable bonds is 4. The Morgan fingerprint density at radius 3 is 2.39 bits per heavy atom. The van der Waals surface area contributed by atoms with Crippen LogP contribution in [-0.4, -0.2) is 18.9 Å². The van der Waals surface area contributed by atoms with Crippen LogP contribution in [0.1, 0.15) is 27.2 Å². The Balaban J connectivity index is 3.11. The van der Waals surface area contributed by atoms with Gasteiger partial charge in [0.15, 0.2) is 0 Å². The summed E-state index contributed by atoms with van der Waals surface area (Å²) in [6.45, 7) is 5.39. The van der Waals surface area contributed by atoms with Crippen LogP contribution in [0.3, 0.4) is 0 Å². The molecule has 6 heteroatoms. The van der Waals surface area contributed by atoms with E-state index in [0.717, 1.165) is 0 Å². The highest BCUT2D eigenvalue weighted by Gasteiger charge is 2.27. The lowest BCUT2D eigenvalue weighted by Crippen LogP contribution is -2.30. The van der Waals surface area contributed by atoms with E-state index < -0.39 is 15.5 Å². The van der Waals surface area contributed by atoms with Crippen LogP contribution in [0.25, 0.3) is 0 Å². The Morgan fingerprint density at radius 1 is 1.33 bits per heavy atom. The van der Waals surface area contributed by atoms with Gasteiger partial charge >= 0.3 is 0 Å². The van der Waals surface area contributed by atoms with Crippen molar-refractivity contribution in [3.63, 3.8) is 0 Å². The second-order valence-electron chi connectivity index (χ2n) is 4.66. The molecule has 0 aliphatic heterocycles. The number of anilines is 1. The average molecular weight is 271 g/mol. The lowest BCUT2D eigenvalue weighted by atomic mass is 9.89. The number of benzene rings is 1. The van der Waals surface area contributed by atoms with Crippen LogP contribution < -0.4 is 5.32 Å². The fraction of sp³-hybridized carbons (Fsp3) is 0.417. The predicted molar refractivity (Wildman–Crippen MR) is 69.0 cm³/mol. The fourth-order valence-electron chi connectivity index (χ4n) is 1.25. The maximum absolute atomic E-state index is 12.0. The smallest absolute Gasteiger partial charge is 0.296 e. The third-order valence-corrected chi connectivity index (χ3v) is 3.82. The third-order valence-electron chi connectivity index (χ3n) is 2.91. The van der Waals surface area contributed by atoms with Crippen LogP contribution in [0, 0.1) is 5.41 Å². The van der Waals surface area contributed by atoms with Crippen LogP contribution in [0.5, 0.6) is 0 Å². The topological polar surface area (TPSA) is 83.5 Å². The summed E-state index contributed by atoms with van der Waals surface area (Å²) >= 11 is 0. The highest BCUT2D eigenvalue weighted by molar-refractivity contribution is 7.86. The van der Waals surface area contributed by atoms with E-state index in [-0.39, 0.29) is 16.5 Å². The second kappa shape index (κ2) is 5.07. The standard InChI is InChI=1S/C12H17NO4S/c1-4-12(2,3)11(14)13-9-7-5-6-8-10(9)18(15,16)17/h5-8H,4H2,1-3H3,(H,13,14)(H,15,16,17). The van der Waals surface area contributed by atoms with Gasteiger partial charge in [0.25, 0.3) is 10.1 Å². The molecule has 0 saturated heterocycles. The second-order valence-corrected chi connectivity index (χ2v) is 6.05. The zero-order valence-corrected chi connectivity index (χ0v) is 11.4. The minimum absolute atomic E-state index is 0.0894. The Kier molecular flexibility index (Phi) is 4.13. The van der Waals surface area contributed by atoms with Gasteiger partial charge in [0.1, 0.15) is 4.90 Å². The molecule has 1 aromatic rings. The zero-order valence-electron chi connectivity index (χ0n) is 10.6. The zero-order chi connectivity index (χ0) is 14.0. The van der Waals surface area contributed by atoms with Crippen molar-refractivity contribution in [3.05, 3.63) is 24.3 Å². The molecule has 1 amide bonds. The highest BCUT2D eigenvalue weighted by Crippen LogP contribution is 2.25. The number of amides is 1. The van der Waals surface area contributed by atoms with E-state index in [9.17, 15) is 13.2 Å². The van der Waals surface area contributed by atoms with Crippen LogP contribution >= 0.6 is 0 Å². The summed E-state index contributed by atoms with van der Waals surface area (Å²) in [5.74, 6) is -0.291. The van der Waals surface area contributed by atoms with Crippen LogP contribution in [0.15, 0.2) is 29.2 Å². The molecule has 0 spiro atoms. The van der Waals surface area contributed by atoms with E-state index in [2.05, 4.69) is 5.32 Å². The Hall–Kier alpha value is -1.40. The Bertz CT molecular complexity index is 549. The molecule has 5 nitrogen and oxygen atoms in total. The minimum Gasteiger partial charge on any atom is -0.324 e. The fourth-order valence-corrected chi connectivity index (χ4v) is 1.89.